The van der Waals surface area contributed by atoms with E-state index in [0.717, 1.165) is 22.4 Å². The van der Waals surface area contributed by atoms with Gasteiger partial charge in [0.25, 0.3) is 11.8 Å². The molecule has 5 rings (SSSR count). The van der Waals surface area contributed by atoms with Gasteiger partial charge in [0.05, 0.1) is 29.9 Å². The van der Waals surface area contributed by atoms with Gasteiger partial charge in [0.1, 0.15) is 5.69 Å². The highest BCUT2D eigenvalue weighted by Crippen LogP contribution is 2.25. The molecule has 1 aliphatic rings. The lowest BCUT2D eigenvalue weighted by Gasteiger charge is -2.28. The van der Waals surface area contributed by atoms with E-state index in [4.69, 9.17) is 5.26 Å². The number of nitriles is 1. The lowest BCUT2D eigenvalue weighted by molar-refractivity contribution is -0.120. The first-order chi connectivity index (χ1) is 19.4. The van der Waals surface area contributed by atoms with Gasteiger partial charge in [-0.1, -0.05) is 49.4 Å². The fourth-order valence-electron chi connectivity index (χ4n) is 4.69. The van der Waals surface area contributed by atoms with E-state index in [1.165, 1.54) is 6.20 Å². The van der Waals surface area contributed by atoms with Gasteiger partial charge >= 0.3 is 0 Å². The molecule has 2 N–H and O–H groups in total. The number of nitrogens with zero attached hydrogens (tertiary/aromatic N) is 4. The quantitative estimate of drug-likeness (QED) is 0.351. The van der Waals surface area contributed by atoms with Crippen LogP contribution in [0.2, 0.25) is 0 Å². The van der Waals surface area contributed by atoms with E-state index < -0.39 is 5.91 Å². The Morgan fingerprint density at radius 3 is 2.52 bits per heavy atom. The van der Waals surface area contributed by atoms with Crippen LogP contribution in [0.5, 0.6) is 0 Å². The van der Waals surface area contributed by atoms with Crippen LogP contribution in [0.25, 0.3) is 0 Å². The predicted octanol–water partition coefficient (Wildman–Crippen LogP) is 4.28. The van der Waals surface area contributed by atoms with Crippen LogP contribution in [0, 0.1) is 11.3 Å². The molecule has 0 saturated carbocycles. The average molecular weight is 533 g/mol. The molecule has 1 aliphatic heterocycles. The summed E-state index contributed by atoms with van der Waals surface area (Å²) >= 11 is 0. The van der Waals surface area contributed by atoms with Crippen LogP contribution in [0.3, 0.4) is 0 Å². The van der Waals surface area contributed by atoms with Crippen molar-refractivity contribution in [2.75, 3.05) is 16.8 Å². The molecular weight excluding hydrogens is 504 g/mol. The van der Waals surface area contributed by atoms with Gasteiger partial charge in [0, 0.05) is 30.9 Å². The maximum absolute atomic E-state index is 13.5. The van der Waals surface area contributed by atoms with E-state index in [2.05, 4.69) is 27.9 Å². The normalized spacial score (nSPS) is 12.4. The molecule has 3 aromatic carbocycles. The van der Waals surface area contributed by atoms with Crippen molar-refractivity contribution in [2.24, 2.45) is 0 Å². The number of fused-ring (bicyclic) bond motifs is 1. The molecule has 200 valence electrons. The van der Waals surface area contributed by atoms with E-state index in [1.54, 1.807) is 33.8 Å². The minimum Gasteiger partial charge on any atom is -0.352 e. The Morgan fingerprint density at radius 2 is 1.75 bits per heavy atom. The summed E-state index contributed by atoms with van der Waals surface area (Å²) in [6, 6.07) is 24.6. The van der Waals surface area contributed by atoms with Crippen LogP contribution in [0.4, 0.5) is 11.4 Å². The molecule has 40 heavy (non-hydrogen) atoms. The number of nitrogens with one attached hydrogen (secondary N) is 2. The monoisotopic (exact) mass is 532 g/mol. The number of hydrogen-bond acceptors (Lipinski definition) is 5. The summed E-state index contributed by atoms with van der Waals surface area (Å²) in [6.45, 7) is 3.22. The van der Waals surface area contributed by atoms with Gasteiger partial charge in [-0.3, -0.25) is 19.1 Å². The van der Waals surface area contributed by atoms with E-state index >= 15 is 0 Å². The van der Waals surface area contributed by atoms with Gasteiger partial charge in [-0.05, 0) is 53.4 Å². The van der Waals surface area contributed by atoms with Crippen LogP contribution in [0.15, 0.2) is 79.0 Å². The van der Waals surface area contributed by atoms with Crippen LogP contribution >= 0.6 is 0 Å². The zero-order valence-corrected chi connectivity index (χ0v) is 22.1. The van der Waals surface area contributed by atoms with Gasteiger partial charge in [-0.2, -0.15) is 10.4 Å². The molecular formula is C31H28N6O3. The Bertz CT molecular complexity index is 1620. The second-order valence-corrected chi connectivity index (χ2v) is 9.53. The second-order valence-electron chi connectivity index (χ2n) is 9.53. The maximum Gasteiger partial charge on any atom is 0.277 e. The molecule has 0 aliphatic carbocycles. The highest BCUT2D eigenvalue weighted by molar-refractivity contribution is 6.15. The predicted molar refractivity (Wildman–Crippen MR) is 151 cm³/mol. The minimum atomic E-state index is -0.460. The first kappa shape index (κ1) is 26.4. The van der Waals surface area contributed by atoms with Crippen molar-refractivity contribution in [1.29, 1.82) is 5.26 Å². The van der Waals surface area contributed by atoms with Crippen LogP contribution in [0.1, 0.15) is 56.4 Å². The average Bonchev–Trinajstić information content (AvgIpc) is 3.42. The Balaban J connectivity index is 1.28. The maximum atomic E-state index is 13.5. The highest BCUT2D eigenvalue weighted by Gasteiger charge is 2.32. The number of amides is 3. The second kappa shape index (κ2) is 11.7. The summed E-state index contributed by atoms with van der Waals surface area (Å²) in [7, 11) is 0. The fourth-order valence-corrected chi connectivity index (χ4v) is 4.69. The van der Waals surface area contributed by atoms with Crippen molar-refractivity contribution >= 4 is 29.1 Å². The summed E-state index contributed by atoms with van der Waals surface area (Å²) in [5.74, 6) is -0.734. The third-order valence-electron chi connectivity index (χ3n) is 6.78. The van der Waals surface area contributed by atoms with E-state index in [0.29, 0.717) is 43.7 Å². The molecule has 9 heteroatoms. The molecule has 0 saturated heterocycles. The molecule has 1 aromatic heterocycles. The van der Waals surface area contributed by atoms with Crippen molar-refractivity contribution in [3.63, 3.8) is 0 Å². The molecule has 0 fully saturated rings. The van der Waals surface area contributed by atoms with Crippen molar-refractivity contribution in [3.8, 4) is 6.07 Å². The zero-order valence-electron chi connectivity index (χ0n) is 22.1. The Labute approximate surface area is 232 Å². The standard InChI is InChI=1S/C31H28N6O3/c1-2-28(38)33-19-24-7-3-5-22(16-24)15-21-9-11-26(12-10-21)36-13-14-37-29(31(36)40)27(20-34-37)30(39)35-25-8-4-6-23(17-25)18-32/h3-12,16-17,20H,2,13-15,19H2,1H3,(H,33,38)(H,35,39). The molecule has 4 aromatic rings. The first-order valence-electron chi connectivity index (χ1n) is 13.1. The highest BCUT2D eigenvalue weighted by atomic mass is 16.2. The van der Waals surface area contributed by atoms with E-state index in [-0.39, 0.29) is 23.1 Å². The number of hydrogen-bond donors (Lipinski definition) is 2. The Hall–Kier alpha value is -5.23. The Kier molecular flexibility index (Phi) is 7.69. The molecule has 9 nitrogen and oxygen atoms in total. The number of carbonyl (C=O) groups excluding carboxylic acids is 3. The molecule has 0 atom stereocenters. The lowest BCUT2D eigenvalue weighted by atomic mass is 10.0. The van der Waals surface area contributed by atoms with Crippen molar-refractivity contribution in [2.45, 2.75) is 32.9 Å². The zero-order chi connectivity index (χ0) is 28.1. The molecule has 3 amide bonds. The van der Waals surface area contributed by atoms with Crippen molar-refractivity contribution < 1.29 is 14.4 Å². The third kappa shape index (κ3) is 5.76. The van der Waals surface area contributed by atoms with Gasteiger partial charge in [-0.15, -0.1) is 0 Å². The summed E-state index contributed by atoms with van der Waals surface area (Å²) in [6.07, 6.45) is 2.58. The van der Waals surface area contributed by atoms with Gasteiger partial charge < -0.3 is 15.5 Å². The van der Waals surface area contributed by atoms with Crippen LogP contribution < -0.4 is 15.5 Å². The fraction of sp³-hybridized carbons (Fsp3) is 0.194. The first-order valence-corrected chi connectivity index (χ1v) is 13.1. The van der Waals surface area contributed by atoms with Crippen molar-refractivity contribution in [3.05, 3.63) is 113 Å². The summed E-state index contributed by atoms with van der Waals surface area (Å²) in [4.78, 5) is 39.8. The molecule has 0 bridgehead atoms. The van der Waals surface area contributed by atoms with E-state index in [9.17, 15) is 14.4 Å². The summed E-state index contributed by atoms with van der Waals surface area (Å²) in [5, 5.41) is 19.0. The van der Waals surface area contributed by atoms with Crippen LogP contribution in [-0.2, 0) is 24.3 Å². The number of benzene rings is 3. The third-order valence-corrected chi connectivity index (χ3v) is 6.78. The number of rotatable bonds is 8. The summed E-state index contributed by atoms with van der Waals surface area (Å²) in [5.41, 5.74) is 5.32. The number of carbonyl (C=O) groups is 3. The van der Waals surface area contributed by atoms with Gasteiger partial charge in [0.15, 0.2) is 0 Å². The number of aromatic nitrogens is 2. The molecule has 0 spiro atoms. The lowest BCUT2D eigenvalue weighted by Crippen LogP contribution is -2.41. The van der Waals surface area contributed by atoms with Gasteiger partial charge in [-0.25, -0.2) is 0 Å². The molecule has 0 unspecified atom stereocenters. The smallest absolute Gasteiger partial charge is 0.277 e. The SMILES string of the molecule is CCC(=O)NCc1cccc(Cc2ccc(N3CCn4ncc(C(=O)Nc5cccc(C#N)c5)c4C3=O)cc2)c1. The van der Waals surface area contributed by atoms with Crippen LogP contribution in [-0.4, -0.2) is 34.0 Å². The molecule has 2 heterocycles. The van der Waals surface area contributed by atoms with E-state index in [1.807, 2.05) is 49.4 Å². The molecule has 0 radical (unpaired) electrons. The Morgan fingerprint density at radius 1 is 0.975 bits per heavy atom. The minimum absolute atomic E-state index is 0.0226. The summed E-state index contributed by atoms with van der Waals surface area (Å²) < 4.78 is 1.56. The van der Waals surface area contributed by atoms with Crippen molar-refractivity contribution in [1.82, 2.24) is 15.1 Å². The van der Waals surface area contributed by atoms with Gasteiger partial charge in [0.2, 0.25) is 5.91 Å². The number of anilines is 2. The topological polar surface area (TPSA) is 120 Å². The largest absolute Gasteiger partial charge is 0.352 e.